The zero-order valence-corrected chi connectivity index (χ0v) is 23.2. The van der Waals surface area contributed by atoms with Gasteiger partial charge in [0.2, 0.25) is 5.91 Å². The van der Waals surface area contributed by atoms with Gasteiger partial charge < -0.3 is 26.6 Å². The maximum Gasteiger partial charge on any atom is 0.326 e. The molecule has 0 fully saturated rings. The first-order valence-corrected chi connectivity index (χ1v) is 13.9. The highest BCUT2D eigenvalue weighted by atomic mass is 16.4. The van der Waals surface area contributed by atoms with Crippen LogP contribution in [0.2, 0.25) is 0 Å². The van der Waals surface area contributed by atoms with Crippen LogP contribution in [0, 0.1) is 0 Å². The molecule has 2 amide bonds. The summed E-state index contributed by atoms with van der Waals surface area (Å²) in [5.74, 6) is -1.81. The molecular formula is C34H35N3O5. The molecule has 0 aliphatic heterocycles. The Morgan fingerprint density at radius 2 is 1.36 bits per heavy atom. The summed E-state index contributed by atoms with van der Waals surface area (Å²) >= 11 is 0. The molecule has 4 aromatic rings. The Labute approximate surface area is 245 Å². The summed E-state index contributed by atoms with van der Waals surface area (Å²) in [6.07, 6.45) is 2.18. The van der Waals surface area contributed by atoms with E-state index < -0.39 is 24.0 Å². The molecule has 4 aromatic carbocycles. The molecule has 6 N–H and O–H groups in total. The molecule has 0 heterocycles. The lowest BCUT2D eigenvalue weighted by molar-refractivity contribution is -0.139. The van der Waals surface area contributed by atoms with Gasteiger partial charge in [0.15, 0.2) is 0 Å². The third kappa shape index (κ3) is 8.78. The zero-order valence-electron chi connectivity index (χ0n) is 23.2. The predicted octanol–water partition coefficient (Wildman–Crippen LogP) is 4.50. The number of rotatable bonds is 13. The second kappa shape index (κ2) is 14.6. The fourth-order valence-corrected chi connectivity index (χ4v) is 4.65. The molecule has 0 bridgehead atoms. The fraction of sp³-hybridized carbons (Fsp3) is 0.206. The zero-order chi connectivity index (χ0) is 29.9. The van der Waals surface area contributed by atoms with Crippen molar-refractivity contribution in [3.05, 3.63) is 131 Å². The molecule has 8 heteroatoms. The number of nitrogens with two attached hydrogens (primary N) is 1. The van der Waals surface area contributed by atoms with Crippen molar-refractivity contribution < 1.29 is 24.6 Å². The quantitative estimate of drug-likeness (QED) is 0.162. The standard InChI is InChI=1S/C34H35N3O5/c35-29(21-25-9-5-2-6-10-25)33(40)36-30-20-16-27(22-26(30)15-11-24-12-17-28(38)18-13-24)32(39)37-31(34(41)42)19-14-23-7-3-1-4-8-23/h1-10,12-13,16-18,20,22,29,31,38H,11,14-15,19,21,35H2,(H,36,40)(H,37,39)(H,41,42). The van der Waals surface area contributed by atoms with Gasteiger partial charge in [-0.1, -0.05) is 72.8 Å². The SMILES string of the molecule is NC(Cc1ccccc1)C(=O)Nc1ccc(C(=O)NC(CCc2ccccc2)C(=O)O)cc1CCc1ccc(O)cc1. The summed E-state index contributed by atoms with van der Waals surface area (Å²) in [6.45, 7) is 0. The number of carbonyl (C=O) groups excluding carboxylic acids is 2. The van der Waals surface area contributed by atoms with Gasteiger partial charge in [0, 0.05) is 11.3 Å². The second-order valence-electron chi connectivity index (χ2n) is 10.2. The number of benzene rings is 4. The van der Waals surface area contributed by atoms with Crippen LogP contribution < -0.4 is 16.4 Å². The highest BCUT2D eigenvalue weighted by Crippen LogP contribution is 2.22. The van der Waals surface area contributed by atoms with Gasteiger partial charge in [-0.15, -0.1) is 0 Å². The fourth-order valence-electron chi connectivity index (χ4n) is 4.65. The average molecular weight is 566 g/mol. The van der Waals surface area contributed by atoms with E-state index >= 15 is 0 Å². The summed E-state index contributed by atoms with van der Waals surface area (Å²) in [5, 5.41) is 24.9. The topological polar surface area (TPSA) is 142 Å². The number of carboxylic acid groups (broad SMARTS) is 1. The van der Waals surface area contributed by atoms with E-state index in [1.54, 1.807) is 30.3 Å². The van der Waals surface area contributed by atoms with Crippen LogP contribution in [0.15, 0.2) is 103 Å². The molecule has 4 rings (SSSR count). The number of carboxylic acids is 1. The van der Waals surface area contributed by atoms with Crippen LogP contribution in [0.1, 0.15) is 39.0 Å². The molecule has 0 radical (unpaired) electrons. The second-order valence-corrected chi connectivity index (χ2v) is 10.2. The van der Waals surface area contributed by atoms with Gasteiger partial charge in [-0.2, -0.15) is 0 Å². The summed E-state index contributed by atoms with van der Waals surface area (Å²) in [5.41, 5.74) is 10.6. The molecule has 0 saturated carbocycles. The maximum atomic E-state index is 13.2. The van der Waals surface area contributed by atoms with E-state index in [-0.39, 0.29) is 23.6 Å². The number of aliphatic carboxylic acids is 1. The van der Waals surface area contributed by atoms with Crippen LogP contribution in [-0.2, 0) is 35.3 Å². The van der Waals surface area contributed by atoms with E-state index in [1.165, 1.54) is 0 Å². The number of aryl methyl sites for hydroxylation is 3. The van der Waals surface area contributed by atoms with Crippen molar-refractivity contribution in [1.29, 1.82) is 0 Å². The van der Waals surface area contributed by atoms with Crippen molar-refractivity contribution in [2.75, 3.05) is 5.32 Å². The van der Waals surface area contributed by atoms with Crippen LogP contribution in [0.3, 0.4) is 0 Å². The minimum atomic E-state index is -1.11. The number of carbonyl (C=O) groups is 3. The number of aromatic hydroxyl groups is 1. The molecule has 2 unspecified atom stereocenters. The number of anilines is 1. The van der Waals surface area contributed by atoms with Crippen molar-refractivity contribution in [3.63, 3.8) is 0 Å². The van der Waals surface area contributed by atoms with Crippen molar-refractivity contribution in [2.45, 2.75) is 44.2 Å². The third-order valence-electron chi connectivity index (χ3n) is 7.05. The smallest absolute Gasteiger partial charge is 0.326 e. The Morgan fingerprint density at radius 3 is 2.00 bits per heavy atom. The monoisotopic (exact) mass is 565 g/mol. The van der Waals surface area contributed by atoms with Crippen LogP contribution in [0.25, 0.3) is 0 Å². The highest BCUT2D eigenvalue weighted by Gasteiger charge is 2.22. The first-order chi connectivity index (χ1) is 20.3. The number of nitrogens with one attached hydrogen (secondary N) is 2. The molecule has 0 aliphatic rings. The van der Waals surface area contributed by atoms with E-state index in [4.69, 9.17) is 5.73 Å². The van der Waals surface area contributed by atoms with Crippen LogP contribution >= 0.6 is 0 Å². The molecule has 0 aliphatic carbocycles. The van der Waals surface area contributed by atoms with E-state index in [0.29, 0.717) is 36.9 Å². The molecule has 0 aromatic heterocycles. The van der Waals surface area contributed by atoms with E-state index in [9.17, 15) is 24.6 Å². The van der Waals surface area contributed by atoms with Gasteiger partial charge in [0.05, 0.1) is 6.04 Å². The van der Waals surface area contributed by atoms with Gasteiger partial charge in [0.25, 0.3) is 5.91 Å². The summed E-state index contributed by atoms with van der Waals surface area (Å²) in [4.78, 5) is 38.1. The minimum absolute atomic E-state index is 0.165. The van der Waals surface area contributed by atoms with Crippen molar-refractivity contribution >= 4 is 23.5 Å². The summed E-state index contributed by atoms with van der Waals surface area (Å²) < 4.78 is 0. The molecule has 2 atom stereocenters. The summed E-state index contributed by atoms with van der Waals surface area (Å²) in [6, 6.07) is 28.9. The number of amides is 2. The van der Waals surface area contributed by atoms with Crippen LogP contribution in [0.5, 0.6) is 5.75 Å². The van der Waals surface area contributed by atoms with Crippen LogP contribution in [-0.4, -0.2) is 40.1 Å². The molecular weight excluding hydrogens is 530 g/mol. The Bertz CT molecular complexity index is 1490. The van der Waals surface area contributed by atoms with Crippen LogP contribution in [0.4, 0.5) is 5.69 Å². The molecule has 0 saturated heterocycles. The Balaban J connectivity index is 1.50. The highest BCUT2D eigenvalue weighted by molar-refractivity contribution is 5.99. The molecule has 8 nitrogen and oxygen atoms in total. The summed E-state index contributed by atoms with van der Waals surface area (Å²) in [7, 11) is 0. The van der Waals surface area contributed by atoms with Crippen molar-refractivity contribution in [3.8, 4) is 5.75 Å². The Kier molecular flexibility index (Phi) is 10.4. The minimum Gasteiger partial charge on any atom is -0.508 e. The van der Waals surface area contributed by atoms with Gasteiger partial charge >= 0.3 is 5.97 Å². The molecule has 0 spiro atoms. The lowest BCUT2D eigenvalue weighted by atomic mass is 9.99. The third-order valence-corrected chi connectivity index (χ3v) is 7.05. The largest absolute Gasteiger partial charge is 0.508 e. The lowest BCUT2D eigenvalue weighted by Crippen LogP contribution is -2.41. The number of phenols is 1. The van der Waals surface area contributed by atoms with E-state index in [1.807, 2.05) is 72.8 Å². The number of hydrogen-bond acceptors (Lipinski definition) is 5. The maximum absolute atomic E-state index is 13.2. The predicted molar refractivity (Wildman–Crippen MR) is 162 cm³/mol. The Hall–Kier alpha value is -4.95. The number of phenolic OH excluding ortho intramolecular Hbond substituents is 1. The first-order valence-electron chi connectivity index (χ1n) is 13.9. The van der Waals surface area contributed by atoms with Crippen molar-refractivity contribution in [2.24, 2.45) is 5.73 Å². The molecule has 216 valence electrons. The average Bonchev–Trinajstić information content (AvgIpc) is 3.00. The Morgan fingerprint density at radius 1 is 0.738 bits per heavy atom. The normalized spacial score (nSPS) is 12.2. The van der Waals surface area contributed by atoms with Crippen molar-refractivity contribution in [1.82, 2.24) is 5.32 Å². The van der Waals surface area contributed by atoms with Gasteiger partial charge in [-0.05, 0) is 84.7 Å². The first kappa shape index (κ1) is 30.0. The van der Waals surface area contributed by atoms with Gasteiger partial charge in [-0.3, -0.25) is 9.59 Å². The number of hydrogen-bond donors (Lipinski definition) is 5. The van der Waals surface area contributed by atoms with Gasteiger partial charge in [0.1, 0.15) is 11.8 Å². The van der Waals surface area contributed by atoms with E-state index in [2.05, 4.69) is 10.6 Å². The lowest BCUT2D eigenvalue weighted by Gasteiger charge is -2.18. The van der Waals surface area contributed by atoms with E-state index in [0.717, 1.165) is 16.7 Å². The van der Waals surface area contributed by atoms with Gasteiger partial charge in [-0.25, -0.2) is 4.79 Å². The molecule has 42 heavy (non-hydrogen) atoms.